The molecule has 1 aromatic rings. The Balaban J connectivity index is 2.63. The molecule has 0 atom stereocenters. The zero-order valence-electron chi connectivity index (χ0n) is 7.91. The predicted octanol–water partition coefficient (Wildman–Crippen LogP) is 2.84. The van der Waals surface area contributed by atoms with E-state index in [1.54, 1.807) is 0 Å². The summed E-state index contributed by atoms with van der Waals surface area (Å²) in [4.78, 5) is 10.2. The molecular weight excluding hydrogens is 202 g/mol. The summed E-state index contributed by atoms with van der Waals surface area (Å²) < 4.78 is 25.7. The van der Waals surface area contributed by atoms with Gasteiger partial charge in [-0.15, -0.1) is 0 Å². The van der Waals surface area contributed by atoms with Gasteiger partial charge in [-0.1, -0.05) is 12.2 Å². The third-order valence-electron chi connectivity index (χ3n) is 1.78. The molecule has 0 saturated carbocycles. The molecule has 0 unspecified atom stereocenters. The first-order valence-electron chi connectivity index (χ1n) is 4.43. The van der Waals surface area contributed by atoms with Crippen LogP contribution in [0.2, 0.25) is 0 Å². The van der Waals surface area contributed by atoms with Crippen molar-refractivity contribution in [1.29, 1.82) is 0 Å². The predicted molar refractivity (Wildman–Crippen MR) is 52.3 cm³/mol. The van der Waals surface area contributed by atoms with E-state index in [1.807, 2.05) is 0 Å². The molecule has 0 saturated heterocycles. The minimum Gasteiger partial charge on any atom is -0.481 e. The fourth-order valence-corrected chi connectivity index (χ4v) is 1.06. The standard InChI is InChI=1S/C11H10F2O2/c12-9-5-6-10(13)8(7-9)3-1-2-4-11(14)15/h1,3,5-7H,2,4H2,(H,14,15). The highest BCUT2D eigenvalue weighted by Crippen LogP contribution is 2.11. The van der Waals surface area contributed by atoms with Crippen LogP contribution in [0.25, 0.3) is 6.08 Å². The quantitative estimate of drug-likeness (QED) is 0.833. The number of aliphatic carboxylic acids is 1. The van der Waals surface area contributed by atoms with Crippen LogP contribution in [0.5, 0.6) is 0 Å². The molecule has 0 amide bonds. The number of hydrogen-bond donors (Lipinski definition) is 1. The first kappa shape index (κ1) is 11.4. The van der Waals surface area contributed by atoms with Gasteiger partial charge in [0.05, 0.1) is 0 Å². The lowest BCUT2D eigenvalue weighted by molar-refractivity contribution is -0.136. The molecule has 15 heavy (non-hydrogen) atoms. The van der Waals surface area contributed by atoms with E-state index < -0.39 is 17.6 Å². The van der Waals surface area contributed by atoms with Crippen molar-refractivity contribution in [2.24, 2.45) is 0 Å². The van der Waals surface area contributed by atoms with Crippen molar-refractivity contribution >= 4 is 12.0 Å². The highest BCUT2D eigenvalue weighted by atomic mass is 19.1. The maximum absolute atomic E-state index is 13.0. The van der Waals surface area contributed by atoms with E-state index in [2.05, 4.69) is 0 Å². The summed E-state index contributed by atoms with van der Waals surface area (Å²) in [5, 5.41) is 8.34. The Morgan fingerprint density at radius 2 is 2.13 bits per heavy atom. The van der Waals surface area contributed by atoms with Crippen LogP contribution in [0.1, 0.15) is 18.4 Å². The Morgan fingerprint density at radius 1 is 1.40 bits per heavy atom. The third kappa shape index (κ3) is 3.89. The SMILES string of the molecule is O=C(O)CCC=Cc1cc(F)ccc1F. The molecule has 0 aliphatic rings. The van der Waals surface area contributed by atoms with Gasteiger partial charge in [0.15, 0.2) is 0 Å². The Hall–Kier alpha value is -1.71. The fraction of sp³-hybridized carbons (Fsp3) is 0.182. The van der Waals surface area contributed by atoms with E-state index in [0.717, 1.165) is 18.2 Å². The number of rotatable bonds is 4. The highest BCUT2D eigenvalue weighted by molar-refractivity contribution is 5.67. The van der Waals surface area contributed by atoms with E-state index in [4.69, 9.17) is 5.11 Å². The van der Waals surface area contributed by atoms with Crippen LogP contribution in [-0.4, -0.2) is 11.1 Å². The van der Waals surface area contributed by atoms with Crippen LogP contribution >= 0.6 is 0 Å². The van der Waals surface area contributed by atoms with E-state index in [-0.39, 0.29) is 12.0 Å². The van der Waals surface area contributed by atoms with Crippen LogP contribution in [0, 0.1) is 11.6 Å². The van der Waals surface area contributed by atoms with Crippen LogP contribution in [0.3, 0.4) is 0 Å². The van der Waals surface area contributed by atoms with Crippen molar-refractivity contribution in [3.8, 4) is 0 Å². The normalized spacial score (nSPS) is 10.8. The zero-order chi connectivity index (χ0) is 11.3. The zero-order valence-corrected chi connectivity index (χ0v) is 7.91. The first-order chi connectivity index (χ1) is 7.09. The maximum atomic E-state index is 13.0. The Kier molecular flexibility index (Phi) is 3.97. The number of carboxylic acids is 1. The summed E-state index contributed by atoms with van der Waals surface area (Å²) in [7, 11) is 0. The topological polar surface area (TPSA) is 37.3 Å². The molecule has 1 aromatic carbocycles. The molecule has 0 radical (unpaired) electrons. The summed E-state index contributed by atoms with van der Waals surface area (Å²) in [5.41, 5.74) is 0.125. The Labute approximate surface area is 85.9 Å². The minimum atomic E-state index is -0.917. The van der Waals surface area contributed by atoms with Crippen molar-refractivity contribution in [2.45, 2.75) is 12.8 Å². The molecule has 0 aliphatic heterocycles. The van der Waals surface area contributed by atoms with Crippen LogP contribution in [-0.2, 0) is 4.79 Å². The second kappa shape index (κ2) is 5.24. The molecule has 1 rings (SSSR count). The Morgan fingerprint density at radius 3 is 2.80 bits per heavy atom. The van der Waals surface area contributed by atoms with Gasteiger partial charge < -0.3 is 5.11 Å². The fourth-order valence-electron chi connectivity index (χ4n) is 1.06. The van der Waals surface area contributed by atoms with Crippen molar-refractivity contribution < 1.29 is 18.7 Å². The minimum absolute atomic E-state index is 0.0204. The van der Waals surface area contributed by atoms with Crippen LogP contribution in [0.15, 0.2) is 24.3 Å². The summed E-state index contributed by atoms with van der Waals surface area (Å²) >= 11 is 0. The highest BCUT2D eigenvalue weighted by Gasteiger charge is 1.99. The lowest BCUT2D eigenvalue weighted by Crippen LogP contribution is -1.91. The number of carboxylic acid groups (broad SMARTS) is 1. The van der Waals surface area contributed by atoms with E-state index in [9.17, 15) is 13.6 Å². The molecule has 0 aromatic heterocycles. The molecular formula is C11H10F2O2. The molecule has 0 aliphatic carbocycles. The average molecular weight is 212 g/mol. The summed E-state index contributed by atoms with van der Waals surface area (Å²) in [6.07, 6.45) is 3.16. The molecule has 0 spiro atoms. The number of hydrogen-bond acceptors (Lipinski definition) is 1. The van der Waals surface area contributed by atoms with Gasteiger partial charge in [-0.3, -0.25) is 4.79 Å². The van der Waals surface area contributed by atoms with Crippen LogP contribution in [0.4, 0.5) is 8.78 Å². The monoisotopic (exact) mass is 212 g/mol. The maximum Gasteiger partial charge on any atom is 0.303 e. The molecule has 0 bridgehead atoms. The van der Waals surface area contributed by atoms with Gasteiger partial charge in [0.2, 0.25) is 0 Å². The van der Waals surface area contributed by atoms with Crippen molar-refractivity contribution in [2.75, 3.05) is 0 Å². The summed E-state index contributed by atoms with van der Waals surface area (Å²) in [6.45, 7) is 0. The number of carbonyl (C=O) groups is 1. The molecule has 80 valence electrons. The largest absolute Gasteiger partial charge is 0.481 e. The number of halogens is 2. The molecule has 2 nitrogen and oxygen atoms in total. The van der Waals surface area contributed by atoms with Crippen LogP contribution < -0.4 is 0 Å². The lowest BCUT2D eigenvalue weighted by Gasteiger charge is -1.96. The molecule has 0 fully saturated rings. The number of benzene rings is 1. The second-order valence-corrected chi connectivity index (χ2v) is 3.00. The smallest absolute Gasteiger partial charge is 0.303 e. The average Bonchev–Trinajstić information content (AvgIpc) is 2.17. The molecule has 1 N–H and O–H groups in total. The van der Waals surface area contributed by atoms with Gasteiger partial charge in [-0.2, -0.15) is 0 Å². The van der Waals surface area contributed by atoms with Gasteiger partial charge in [0, 0.05) is 12.0 Å². The third-order valence-corrected chi connectivity index (χ3v) is 1.78. The van der Waals surface area contributed by atoms with Crippen molar-refractivity contribution in [1.82, 2.24) is 0 Å². The van der Waals surface area contributed by atoms with Gasteiger partial charge in [-0.05, 0) is 24.6 Å². The lowest BCUT2D eigenvalue weighted by atomic mass is 10.1. The van der Waals surface area contributed by atoms with Crippen molar-refractivity contribution in [3.05, 3.63) is 41.5 Å². The van der Waals surface area contributed by atoms with E-state index in [0.29, 0.717) is 6.42 Å². The first-order valence-corrected chi connectivity index (χ1v) is 4.43. The van der Waals surface area contributed by atoms with E-state index >= 15 is 0 Å². The second-order valence-electron chi connectivity index (χ2n) is 3.00. The van der Waals surface area contributed by atoms with Gasteiger partial charge in [-0.25, -0.2) is 8.78 Å². The summed E-state index contributed by atoms with van der Waals surface area (Å²) in [6, 6.07) is 3.13. The van der Waals surface area contributed by atoms with Gasteiger partial charge >= 0.3 is 5.97 Å². The molecule has 4 heteroatoms. The van der Waals surface area contributed by atoms with Gasteiger partial charge in [0.25, 0.3) is 0 Å². The Bertz CT molecular complexity index is 386. The summed E-state index contributed by atoms with van der Waals surface area (Å²) in [5.74, 6) is -1.96. The van der Waals surface area contributed by atoms with Crippen molar-refractivity contribution in [3.63, 3.8) is 0 Å². The van der Waals surface area contributed by atoms with Gasteiger partial charge in [0.1, 0.15) is 11.6 Å². The van der Waals surface area contributed by atoms with E-state index in [1.165, 1.54) is 12.2 Å². The number of allylic oxidation sites excluding steroid dienone is 1. The molecule has 0 heterocycles.